The predicted molar refractivity (Wildman–Crippen MR) is 69.1 cm³/mol. The van der Waals surface area contributed by atoms with Crippen molar-refractivity contribution in [2.24, 2.45) is 5.92 Å². The Bertz CT molecular complexity index is 259. The number of likely N-dealkylation sites (tertiary alicyclic amines) is 1. The normalized spacial score (nSPS) is 42.9. The quantitative estimate of drug-likeness (QED) is 0.809. The summed E-state index contributed by atoms with van der Waals surface area (Å²) in [5.74, 6) is 0.801. The molecule has 0 aromatic carbocycles. The van der Waals surface area contributed by atoms with Crippen LogP contribution in [-0.2, 0) is 4.74 Å². The summed E-state index contributed by atoms with van der Waals surface area (Å²) in [5.41, 5.74) is 0. The minimum absolute atomic E-state index is 0.584. The van der Waals surface area contributed by atoms with Crippen molar-refractivity contribution in [3.05, 3.63) is 0 Å². The third-order valence-corrected chi connectivity index (χ3v) is 4.85. The number of fused-ring (bicyclic) bond motifs is 2. The van der Waals surface area contributed by atoms with Gasteiger partial charge in [0.25, 0.3) is 0 Å². The molecule has 4 atom stereocenters. The lowest BCUT2D eigenvalue weighted by atomic mass is 9.89. The van der Waals surface area contributed by atoms with E-state index in [1.54, 1.807) is 0 Å². The average molecular weight is 238 g/mol. The minimum atomic E-state index is 0.584. The molecular formula is C14H26N2O. The molecule has 3 rings (SSSR count). The van der Waals surface area contributed by atoms with Crippen LogP contribution in [0.2, 0.25) is 0 Å². The second-order valence-corrected chi connectivity index (χ2v) is 6.21. The first-order chi connectivity index (χ1) is 8.31. The molecule has 0 amide bonds. The number of nitrogens with zero attached hydrogens (tertiary/aromatic N) is 1. The molecule has 3 saturated heterocycles. The summed E-state index contributed by atoms with van der Waals surface area (Å²) < 4.78 is 5.92. The Morgan fingerprint density at radius 1 is 1.18 bits per heavy atom. The summed E-state index contributed by atoms with van der Waals surface area (Å²) in [4.78, 5) is 2.46. The largest absolute Gasteiger partial charge is 0.375 e. The Kier molecular flexibility index (Phi) is 3.69. The van der Waals surface area contributed by atoms with E-state index in [9.17, 15) is 0 Å². The van der Waals surface area contributed by atoms with Crippen LogP contribution >= 0.6 is 0 Å². The van der Waals surface area contributed by atoms with Crippen LogP contribution < -0.4 is 5.32 Å². The third kappa shape index (κ3) is 2.83. The maximum Gasteiger partial charge on any atom is 0.0621 e. The van der Waals surface area contributed by atoms with E-state index in [1.807, 2.05) is 0 Å². The van der Waals surface area contributed by atoms with Gasteiger partial charge in [-0.05, 0) is 58.7 Å². The molecule has 3 aliphatic heterocycles. The molecular weight excluding hydrogens is 212 g/mol. The molecule has 3 nitrogen and oxygen atoms in total. The summed E-state index contributed by atoms with van der Waals surface area (Å²) in [6.45, 7) is 3.72. The van der Waals surface area contributed by atoms with E-state index in [0.717, 1.165) is 12.0 Å². The number of hydrogen-bond acceptors (Lipinski definition) is 3. The lowest BCUT2D eigenvalue weighted by molar-refractivity contribution is 0.0919. The van der Waals surface area contributed by atoms with Crippen LogP contribution in [0.5, 0.6) is 0 Å². The van der Waals surface area contributed by atoms with E-state index in [0.29, 0.717) is 12.2 Å². The number of ether oxygens (including phenoxy) is 1. The molecule has 0 aromatic rings. The zero-order valence-corrected chi connectivity index (χ0v) is 11.0. The van der Waals surface area contributed by atoms with E-state index in [-0.39, 0.29) is 0 Å². The summed E-state index contributed by atoms with van der Waals surface area (Å²) in [6.07, 6.45) is 9.14. The first-order valence-electron chi connectivity index (χ1n) is 7.38. The summed E-state index contributed by atoms with van der Waals surface area (Å²) in [6, 6.07) is 0.749. The molecule has 1 N–H and O–H groups in total. The van der Waals surface area contributed by atoms with Crippen LogP contribution in [0.25, 0.3) is 0 Å². The van der Waals surface area contributed by atoms with Gasteiger partial charge in [0.05, 0.1) is 12.2 Å². The van der Waals surface area contributed by atoms with Crippen LogP contribution in [0.15, 0.2) is 0 Å². The molecule has 3 heteroatoms. The molecule has 17 heavy (non-hydrogen) atoms. The molecule has 2 bridgehead atoms. The van der Waals surface area contributed by atoms with E-state index in [2.05, 4.69) is 17.3 Å². The standard InChI is InChI=1S/C14H26N2O/c1-16-7-2-3-12(6-8-16)15-10-11-9-13-4-5-14(11)17-13/h11-15H,2-10H2,1H3. The van der Waals surface area contributed by atoms with Gasteiger partial charge < -0.3 is 15.0 Å². The first kappa shape index (κ1) is 11.9. The van der Waals surface area contributed by atoms with Crippen molar-refractivity contribution < 1.29 is 4.74 Å². The molecule has 0 saturated carbocycles. The van der Waals surface area contributed by atoms with E-state index in [1.165, 1.54) is 58.2 Å². The fourth-order valence-electron chi connectivity index (χ4n) is 3.72. The first-order valence-corrected chi connectivity index (χ1v) is 7.38. The minimum Gasteiger partial charge on any atom is -0.375 e. The van der Waals surface area contributed by atoms with Gasteiger partial charge in [0.1, 0.15) is 0 Å². The molecule has 3 aliphatic rings. The fourth-order valence-corrected chi connectivity index (χ4v) is 3.72. The van der Waals surface area contributed by atoms with E-state index in [4.69, 9.17) is 4.74 Å². The number of nitrogens with one attached hydrogen (secondary N) is 1. The molecule has 3 fully saturated rings. The van der Waals surface area contributed by atoms with Crippen molar-refractivity contribution in [3.8, 4) is 0 Å². The molecule has 0 aromatic heterocycles. The average Bonchev–Trinajstić information content (AvgIpc) is 2.88. The van der Waals surface area contributed by atoms with Gasteiger partial charge >= 0.3 is 0 Å². The van der Waals surface area contributed by atoms with Crippen molar-refractivity contribution in [1.82, 2.24) is 10.2 Å². The third-order valence-electron chi connectivity index (χ3n) is 4.85. The Labute approximate surface area is 105 Å². The van der Waals surface area contributed by atoms with Gasteiger partial charge in [0.2, 0.25) is 0 Å². The Morgan fingerprint density at radius 2 is 2.12 bits per heavy atom. The van der Waals surface area contributed by atoms with Gasteiger partial charge in [0, 0.05) is 18.5 Å². The lowest BCUT2D eigenvalue weighted by Gasteiger charge is -2.23. The maximum atomic E-state index is 5.92. The van der Waals surface area contributed by atoms with Crippen molar-refractivity contribution >= 4 is 0 Å². The van der Waals surface area contributed by atoms with Gasteiger partial charge in [-0.1, -0.05) is 0 Å². The Balaban J connectivity index is 1.42. The SMILES string of the molecule is CN1CCCC(NCC2CC3CCC2O3)CC1. The van der Waals surface area contributed by atoms with Gasteiger partial charge in [-0.3, -0.25) is 0 Å². The molecule has 3 heterocycles. The van der Waals surface area contributed by atoms with Crippen LogP contribution in [0.1, 0.15) is 38.5 Å². The van der Waals surface area contributed by atoms with Crippen LogP contribution in [0.4, 0.5) is 0 Å². The van der Waals surface area contributed by atoms with Crippen LogP contribution in [0, 0.1) is 5.92 Å². The number of rotatable bonds is 3. The summed E-state index contributed by atoms with van der Waals surface area (Å²) in [5, 5.41) is 3.80. The summed E-state index contributed by atoms with van der Waals surface area (Å²) in [7, 11) is 2.24. The molecule has 0 aliphatic carbocycles. The van der Waals surface area contributed by atoms with Crippen molar-refractivity contribution in [3.63, 3.8) is 0 Å². The second kappa shape index (κ2) is 5.25. The van der Waals surface area contributed by atoms with Gasteiger partial charge in [-0.25, -0.2) is 0 Å². The van der Waals surface area contributed by atoms with E-state index < -0.39 is 0 Å². The Morgan fingerprint density at radius 3 is 2.88 bits per heavy atom. The second-order valence-electron chi connectivity index (χ2n) is 6.21. The highest BCUT2D eigenvalue weighted by atomic mass is 16.5. The highest BCUT2D eigenvalue weighted by molar-refractivity contribution is 4.91. The zero-order chi connectivity index (χ0) is 11.7. The maximum absolute atomic E-state index is 5.92. The molecule has 4 unspecified atom stereocenters. The highest BCUT2D eigenvalue weighted by Crippen LogP contribution is 2.38. The van der Waals surface area contributed by atoms with Gasteiger partial charge in [-0.2, -0.15) is 0 Å². The van der Waals surface area contributed by atoms with Gasteiger partial charge in [0.15, 0.2) is 0 Å². The van der Waals surface area contributed by atoms with Crippen molar-refractivity contribution in [2.45, 2.75) is 56.8 Å². The molecule has 0 spiro atoms. The van der Waals surface area contributed by atoms with Gasteiger partial charge in [-0.15, -0.1) is 0 Å². The van der Waals surface area contributed by atoms with Crippen molar-refractivity contribution in [1.29, 1.82) is 0 Å². The predicted octanol–water partition coefficient (Wildman–Crippen LogP) is 1.63. The zero-order valence-electron chi connectivity index (χ0n) is 11.0. The topological polar surface area (TPSA) is 24.5 Å². The Hall–Kier alpha value is -0.120. The molecule has 0 radical (unpaired) electrons. The van der Waals surface area contributed by atoms with Crippen LogP contribution in [-0.4, -0.2) is 49.8 Å². The monoisotopic (exact) mass is 238 g/mol. The van der Waals surface area contributed by atoms with E-state index >= 15 is 0 Å². The summed E-state index contributed by atoms with van der Waals surface area (Å²) >= 11 is 0. The lowest BCUT2D eigenvalue weighted by Crippen LogP contribution is -2.37. The van der Waals surface area contributed by atoms with Crippen LogP contribution in [0.3, 0.4) is 0 Å². The molecule has 98 valence electrons. The number of hydrogen-bond donors (Lipinski definition) is 1. The smallest absolute Gasteiger partial charge is 0.0621 e. The fraction of sp³-hybridized carbons (Fsp3) is 1.00. The van der Waals surface area contributed by atoms with Crippen molar-refractivity contribution in [2.75, 3.05) is 26.7 Å². The highest BCUT2D eigenvalue weighted by Gasteiger charge is 2.40.